The third-order valence-corrected chi connectivity index (χ3v) is 7.99. The molecular weight excluding hydrogens is 514 g/mol. The van der Waals surface area contributed by atoms with Gasteiger partial charge in [0.05, 0.1) is 5.39 Å². The van der Waals surface area contributed by atoms with Crippen LogP contribution in [-0.4, -0.2) is 63.2 Å². The molecule has 0 bridgehead atoms. The Balaban J connectivity index is 1.29. The molecule has 216 valence electrons. The maximum Gasteiger partial charge on any atom is 0.243 e. The first kappa shape index (κ1) is 28.7. The van der Waals surface area contributed by atoms with Gasteiger partial charge in [-0.2, -0.15) is 0 Å². The van der Waals surface area contributed by atoms with E-state index in [-0.39, 0.29) is 5.91 Å². The highest BCUT2D eigenvalue weighted by Gasteiger charge is 2.21. The number of aromatic amines is 1. The molecule has 9 nitrogen and oxygen atoms in total. The van der Waals surface area contributed by atoms with Crippen molar-refractivity contribution < 1.29 is 10.0 Å². The molecule has 1 saturated heterocycles. The number of H-pyrrole nitrogens is 1. The summed E-state index contributed by atoms with van der Waals surface area (Å²) in [5, 5.41) is 13.2. The SMILES string of the molecule is CCN(c1ccccc1)c1ncnc2[nH]c(-c3ccc(CN(CCCCCC(=O)NO)C4CCNCC4)cc3)cc12. The van der Waals surface area contributed by atoms with Gasteiger partial charge in [0.25, 0.3) is 0 Å². The number of anilines is 2. The van der Waals surface area contributed by atoms with E-state index < -0.39 is 0 Å². The van der Waals surface area contributed by atoms with Gasteiger partial charge < -0.3 is 15.2 Å². The van der Waals surface area contributed by atoms with E-state index >= 15 is 0 Å². The van der Waals surface area contributed by atoms with Gasteiger partial charge in [-0.3, -0.25) is 14.9 Å². The first-order valence-corrected chi connectivity index (χ1v) is 14.8. The summed E-state index contributed by atoms with van der Waals surface area (Å²) in [4.78, 5) is 28.8. The Kier molecular flexibility index (Phi) is 9.96. The molecule has 0 atom stereocenters. The summed E-state index contributed by atoms with van der Waals surface area (Å²) in [6.45, 7) is 6.97. The van der Waals surface area contributed by atoms with Crippen molar-refractivity contribution >= 4 is 28.4 Å². The van der Waals surface area contributed by atoms with Crippen LogP contribution in [0.1, 0.15) is 51.0 Å². The Morgan fingerprint density at radius 2 is 1.80 bits per heavy atom. The number of nitrogens with zero attached hydrogens (tertiary/aromatic N) is 4. The third kappa shape index (κ3) is 7.30. The fraction of sp³-hybridized carbons (Fsp3) is 0.406. The summed E-state index contributed by atoms with van der Waals surface area (Å²) in [5.74, 6) is 0.592. The molecule has 1 aliphatic heterocycles. The normalized spacial score (nSPS) is 14.0. The molecule has 0 saturated carbocycles. The standard InChI is InChI=1S/C32H41N7O2/c1-2-39(27-9-5-3-6-10-27)32-28-21-29(36-31(28)34-23-35-32)25-14-12-24(13-15-25)22-38(26-16-18-33-19-17-26)20-8-4-7-11-30(40)37-41/h3,5-6,9-10,12-15,21,23,26,33,41H,2,4,7-8,11,16-20,22H2,1H3,(H,37,40)(H,34,35,36). The van der Waals surface area contributed by atoms with Gasteiger partial charge in [-0.25, -0.2) is 15.4 Å². The van der Waals surface area contributed by atoms with Crippen LogP contribution in [0.2, 0.25) is 0 Å². The molecule has 9 heteroatoms. The Morgan fingerprint density at radius 3 is 2.54 bits per heavy atom. The lowest BCUT2D eigenvalue weighted by molar-refractivity contribution is -0.129. The Morgan fingerprint density at radius 1 is 1.02 bits per heavy atom. The second kappa shape index (κ2) is 14.2. The van der Waals surface area contributed by atoms with Crippen molar-refractivity contribution in [3.63, 3.8) is 0 Å². The van der Waals surface area contributed by atoms with E-state index in [1.165, 1.54) is 5.56 Å². The van der Waals surface area contributed by atoms with Crippen LogP contribution in [0, 0.1) is 0 Å². The van der Waals surface area contributed by atoms with E-state index in [9.17, 15) is 4.79 Å². The van der Waals surface area contributed by atoms with E-state index in [0.29, 0.717) is 12.5 Å². The smallest absolute Gasteiger partial charge is 0.243 e. The lowest BCUT2D eigenvalue weighted by Crippen LogP contribution is -2.43. The number of aromatic nitrogens is 3. The molecule has 1 amide bonds. The number of hydrogen-bond donors (Lipinski definition) is 4. The summed E-state index contributed by atoms with van der Waals surface area (Å²) in [5.41, 5.74) is 7.11. The van der Waals surface area contributed by atoms with E-state index in [4.69, 9.17) is 5.21 Å². The van der Waals surface area contributed by atoms with Crippen molar-refractivity contribution in [3.8, 4) is 11.3 Å². The van der Waals surface area contributed by atoms with Gasteiger partial charge in [0.1, 0.15) is 17.8 Å². The summed E-state index contributed by atoms with van der Waals surface area (Å²) in [6, 6.07) is 21.9. The average molecular weight is 556 g/mol. The largest absolute Gasteiger partial charge is 0.339 e. The molecule has 0 aliphatic carbocycles. The Hall–Kier alpha value is -3.79. The second-order valence-electron chi connectivity index (χ2n) is 10.7. The third-order valence-electron chi connectivity index (χ3n) is 7.99. The van der Waals surface area contributed by atoms with Crippen LogP contribution in [0.4, 0.5) is 11.5 Å². The Labute approximate surface area is 242 Å². The number of nitrogens with one attached hydrogen (secondary N) is 3. The van der Waals surface area contributed by atoms with Crippen LogP contribution in [-0.2, 0) is 11.3 Å². The van der Waals surface area contributed by atoms with Crippen LogP contribution >= 0.6 is 0 Å². The first-order chi connectivity index (χ1) is 20.2. The maximum absolute atomic E-state index is 11.3. The van der Waals surface area contributed by atoms with Crippen molar-refractivity contribution in [2.24, 2.45) is 0 Å². The molecule has 5 rings (SSSR count). The monoisotopic (exact) mass is 555 g/mol. The lowest BCUT2D eigenvalue weighted by atomic mass is 10.0. The van der Waals surface area contributed by atoms with Crippen molar-refractivity contribution in [1.82, 2.24) is 30.6 Å². The van der Waals surface area contributed by atoms with Gasteiger partial charge in [-0.15, -0.1) is 0 Å². The minimum Gasteiger partial charge on any atom is -0.339 e. The number of piperidine rings is 1. The summed E-state index contributed by atoms with van der Waals surface area (Å²) < 4.78 is 0. The molecule has 0 unspecified atom stereocenters. The van der Waals surface area contributed by atoms with Gasteiger partial charge >= 0.3 is 0 Å². The topological polar surface area (TPSA) is 109 Å². The molecule has 1 aliphatic rings. The van der Waals surface area contributed by atoms with Crippen molar-refractivity contribution in [2.45, 2.75) is 58.0 Å². The number of para-hydroxylation sites is 1. The zero-order valence-electron chi connectivity index (χ0n) is 23.9. The number of hydrogen-bond acceptors (Lipinski definition) is 7. The number of fused-ring (bicyclic) bond motifs is 1. The minimum absolute atomic E-state index is 0.308. The first-order valence-electron chi connectivity index (χ1n) is 14.8. The number of unbranched alkanes of at least 4 members (excludes halogenated alkanes) is 2. The molecular formula is C32H41N7O2. The van der Waals surface area contributed by atoms with Gasteiger partial charge in [0.2, 0.25) is 5.91 Å². The Bertz CT molecular complexity index is 1380. The predicted octanol–water partition coefficient (Wildman–Crippen LogP) is 5.40. The molecule has 0 spiro atoms. The number of rotatable bonds is 13. The van der Waals surface area contributed by atoms with Crippen molar-refractivity contribution in [3.05, 3.63) is 72.6 Å². The molecule has 2 aromatic carbocycles. The zero-order valence-corrected chi connectivity index (χ0v) is 23.9. The highest BCUT2D eigenvalue weighted by molar-refractivity contribution is 5.93. The molecule has 4 aromatic rings. The zero-order chi connectivity index (χ0) is 28.4. The molecule has 1 fully saturated rings. The van der Waals surface area contributed by atoms with Gasteiger partial charge in [-0.05, 0) is 81.6 Å². The summed E-state index contributed by atoms with van der Waals surface area (Å²) >= 11 is 0. The number of carbonyl (C=O) groups excluding carboxylic acids is 1. The summed E-state index contributed by atoms with van der Waals surface area (Å²) in [7, 11) is 0. The van der Waals surface area contributed by atoms with Crippen LogP contribution in [0.3, 0.4) is 0 Å². The van der Waals surface area contributed by atoms with E-state index in [1.54, 1.807) is 11.8 Å². The predicted molar refractivity (Wildman–Crippen MR) is 163 cm³/mol. The van der Waals surface area contributed by atoms with Crippen LogP contribution in [0.5, 0.6) is 0 Å². The number of benzene rings is 2. The second-order valence-corrected chi connectivity index (χ2v) is 10.7. The molecule has 0 radical (unpaired) electrons. The summed E-state index contributed by atoms with van der Waals surface area (Å²) in [6.07, 6.45) is 7.11. The van der Waals surface area contributed by atoms with E-state index in [1.807, 2.05) is 18.2 Å². The van der Waals surface area contributed by atoms with Gasteiger partial charge in [-0.1, -0.05) is 48.9 Å². The highest BCUT2D eigenvalue weighted by Crippen LogP contribution is 2.32. The van der Waals surface area contributed by atoms with E-state index in [2.05, 4.69) is 79.5 Å². The van der Waals surface area contributed by atoms with Crippen molar-refractivity contribution in [2.75, 3.05) is 31.1 Å². The highest BCUT2D eigenvalue weighted by atomic mass is 16.5. The van der Waals surface area contributed by atoms with Crippen molar-refractivity contribution in [1.29, 1.82) is 0 Å². The lowest BCUT2D eigenvalue weighted by Gasteiger charge is -2.35. The average Bonchev–Trinajstić information content (AvgIpc) is 3.47. The minimum atomic E-state index is -0.308. The molecule has 2 aromatic heterocycles. The molecule has 3 heterocycles. The van der Waals surface area contributed by atoms with Crippen LogP contribution in [0.25, 0.3) is 22.3 Å². The fourth-order valence-electron chi connectivity index (χ4n) is 5.78. The molecule has 41 heavy (non-hydrogen) atoms. The number of carbonyl (C=O) groups is 1. The molecule has 4 N–H and O–H groups in total. The van der Waals surface area contributed by atoms with Crippen LogP contribution < -0.4 is 15.7 Å². The van der Waals surface area contributed by atoms with Gasteiger partial charge in [0, 0.05) is 36.9 Å². The number of amides is 1. The van der Waals surface area contributed by atoms with E-state index in [0.717, 1.165) is 98.6 Å². The van der Waals surface area contributed by atoms with Gasteiger partial charge in [0.15, 0.2) is 0 Å². The van der Waals surface area contributed by atoms with Crippen LogP contribution in [0.15, 0.2) is 67.0 Å². The maximum atomic E-state index is 11.3. The fourth-order valence-corrected chi connectivity index (χ4v) is 5.78. The quantitative estimate of drug-likeness (QED) is 0.0993. The number of hydroxylamine groups is 1.